The molecule has 0 bridgehead atoms. The van der Waals surface area contributed by atoms with Crippen LogP contribution in [0.4, 0.5) is 22.7 Å². The normalized spacial score (nSPS) is 17.6. The van der Waals surface area contributed by atoms with Gasteiger partial charge in [0.25, 0.3) is 0 Å². The van der Waals surface area contributed by atoms with Crippen LogP contribution in [0.15, 0.2) is 205 Å². The van der Waals surface area contributed by atoms with Gasteiger partial charge in [-0.05, 0) is 110 Å². The summed E-state index contributed by atoms with van der Waals surface area (Å²) in [6.07, 6.45) is 11.4. The number of para-hydroxylation sites is 2. The lowest BCUT2D eigenvalue weighted by Crippen LogP contribution is -2.27. The van der Waals surface area contributed by atoms with E-state index in [9.17, 15) is 0 Å². The molecule has 2 heterocycles. The lowest BCUT2D eigenvalue weighted by molar-refractivity contribution is -0.455. The standard InChI is InChI=1S/C57H56N3O2/c1-56(2)49-37-47(61-5)31-33-51(49)58(39-41-19-11-7-12-20-41)53(56)35-29-43-27-28-44(55(43)60(45-23-15-9-16-24-45)46-25-17-10-18-26-46)30-36-54-57(3,4)50-38-48(62-6)32-34-52(50)59(54)40-42-21-13-8-14-22-42/h7-26,29-38H,27-28,39-40H2,1-6H3/q+1. The van der Waals surface area contributed by atoms with Crippen molar-refractivity contribution >= 4 is 28.5 Å². The number of benzene rings is 6. The van der Waals surface area contributed by atoms with Gasteiger partial charge in [0.15, 0.2) is 12.3 Å². The molecule has 0 amide bonds. The van der Waals surface area contributed by atoms with E-state index >= 15 is 0 Å². The molecule has 6 aromatic rings. The van der Waals surface area contributed by atoms with Gasteiger partial charge < -0.3 is 19.3 Å². The fourth-order valence-corrected chi connectivity index (χ4v) is 9.68. The summed E-state index contributed by atoms with van der Waals surface area (Å²) < 4.78 is 14.0. The van der Waals surface area contributed by atoms with Crippen LogP contribution >= 0.6 is 0 Å². The molecule has 0 radical (unpaired) electrons. The molecule has 0 atom stereocenters. The Bertz CT molecular complexity index is 2700. The average molecular weight is 815 g/mol. The van der Waals surface area contributed by atoms with E-state index < -0.39 is 0 Å². The van der Waals surface area contributed by atoms with Crippen molar-refractivity contribution < 1.29 is 14.0 Å². The number of hydrogen-bond acceptors (Lipinski definition) is 4. The summed E-state index contributed by atoms with van der Waals surface area (Å²) >= 11 is 0. The van der Waals surface area contributed by atoms with Crippen molar-refractivity contribution in [1.82, 2.24) is 0 Å². The molecule has 6 aromatic carbocycles. The maximum atomic E-state index is 5.76. The summed E-state index contributed by atoms with van der Waals surface area (Å²) in [5.74, 6) is 1.76. The second kappa shape index (κ2) is 16.9. The lowest BCUT2D eigenvalue weighted by atomic mass is 9.81. The third-order valence-corrected chi connectivity index (χ3v) is 13.0. The van der Waals surface area contributed by atoms with Crippen molar-refractivity contribution in [1.29, 1.82) is 0 Å². The molecular weight excluding hydrogens is 759 g/mol. The van der Waals surface area contributed by atoms with Gasteiger partial charge in [-0.3, -0.25) is 0 Å². The maximum Gasteiger partial charge on any atom is 0.210 e. The number of ether oxygens (including phenoxy) is 2. The SMILES string of the molecule is COc1ccc2c(c1)C(C)(C)C(/C=C/C1=C(N(c3ccccc3)c3ccccc3)C(=C/C=C3/N(Cc4ccccc4)c4ccc(OC)cc4C3(C)C)/CC1)=[N+]2Cc1ccccc1. The predicted molar refractivity (Wildman–Crippen MR) is 256 cm³/mol. The fraction of sp³-hybridized carbons (Fsp3) is 0.211. The summed E-state index contributed by atoms with van der Waals surface area (Å²) in [4.78, 5) is 4.96. The first-order chi connectivity index (χ1) is 30.2. The second-order valence-corrected chi connectivity index (χ2v) is 17.5. The van der Waals surface area contributed by atoms with E-state index in [1.165, 1.54) is 61.9 Å². The maximum absolute atomic E-state index is 5.76. The minimum atomic E-state index is -0.260. The van der Waals surface area contributed by atoms with E-state index in [1.807, 2.05) is 0 Å². The molecule has 5 nitrogen and oxygen atoms in total. The zero-order valence-corrected chi connectivity index (χ0v) is 36.8. The van der Waals surface area contributed by atoms with Gasteiger partial charge in [0, 0.05) is 58.0 Å². The smallest absolute Gasteiger partial charge is 0.210 e. The molecule has 1 aliphatic carbocycles. The third kappa shape index (κ3) is 7.57. The lowest BCUT2D eigenvalue weighted by Gasteiger charge is -2.29. The van der Waals surface area contributed by atoms with Crippen molar-refractivity contribution in [3.8, 4) is 11.5 Å². The molecule has 9 rings (SSSR count). The van der Waals surface area contributed by atoms with E-state index in [0.717, 1.165) is 48.8 Å². The average Bonchev–Trinajstić information content (AvgIpc) is 3.86. The van der Waals surface area contributed by atoms with E-state index in [1.54, 1.807) is 14.2 Å². The first-order valence-corrected chi connectivity index (χ1v) is 21.8. The summed E-state index contributed by atoms with van der Waals surface area (Å²) in [5.41, 5.74) is 15.6. The van der Waals surface area contributed by atoms with Crippen molar-refractivity contribution in [2.45, 2.75) is 64.5 Å². The summed E-state index contributed by atoms with van der Waals surface area (Å²) in [6.45, 7) is 10.9. The first-order valence-electron chi connectivity index (χ1n) is 21.8. The van der Waals surface area contributed by atoms with Crippen LogP contribution in [0.2, 0.25) is 0 Å². The number of anilines is 3. The Labute approximate surface area is 367 Å². The van der Waals surface area contributed by atoms with Crippen LogP contribution in [0.25, 0.3) is 0 Å². The van der Waals surface area contributed by atoms with Gasteiger partial charge in [-0.15, -0.1) is 0 Å². The zero-order chi connectivity index (χ0) is 42.8. The Morgan fingerprint density at radius 2 is 1.16 bits per heavy atom. The van der Waals surface area contributed by atoms with Gasteiger partial charge in [0.1, 0.15) is 11.5 Å². The molecule has 0 spiro atoms. The number of hydrogen-bond donors (Lipinski definition) is 0. The molecule has 0 unspecified atom stereocenters. The Kier molecular flexibility index (Phi) is 11.1. The highest BCUT2D eigenvalue weighted by Crippen LogP contribution is 2.50. The second-order valence-electron chi connectivity index (χ2n) is 17.5. The Balaban J connectivity index is 1.21. The molecule has 0 N–H and O–H groups in total. The van der Waals surface area contributed by atoms with Gasteiger partial charge in [-0.1, -0.05) is 123 Å². The zero-order valence-electron chi connectivity index (χ0n) is 36.8. The van der Waals surface area contributed by atoms with Gasteiger partial charge in [0.2, 0.25) is 5.69 Å². The molecule has 0 saturated heterocycles. The van der Waals surface area contributed by atoms with Gasteiger partial charge in [-0.2, -0.15) is 4.58 Å². The van der Waals surface area contributed by atoms with Crippen molar-refractivity contribution in [2.24, 2.45) is 0 Å². The molecular formula is C57H56N3O2+. The van der Waals surface area contributed by atoms with E-state index in [-0.39, 0.29) is 10.8 Å². The largest absolute Gasteiger partial charge is 0.497 e. The summed E-state index contributed by atoms with van der Waals surface area (Å²) in [5, 5.41) is 0. The highest BCUT2D eigenvalue weighted by molar-refractivity contribution is 6.03. The van der Waals surface area contributed by atoms with Gasteiger partial charge >= 0.3 is 0 Å². The Hall–Kier alpha value is -6.85. The van der Waals surface area contributed by atoms with E-state index in [4.69, 9.17) is 9.47 Å². The highest BCUT2D eigenvalue weighted by atomic mass is 16.5. The minimum absolute atomic E-state index is 0.260. The van der Waals surface area contributed by atoms with Gasteiger partial charge in [0.05, 0.1) is 25.3 Å². The van der Waals surface area contributed by atoms with Crippen molar-refractivity contribution in [3.63, 3.8) is 0 Å². The predicted octanol–water partition coefficient (Wildman–Crippen LogP) is 13.5. The Morgan fingerprint density at radius 1 is 0.597 bits per heavy atom. The van der Waals surface area contributed by atoms with E-state index in [0.29, 0.717) is 0 Å². The number of methoxy groups -OCH3 is 2. The first kappa shape index (κ1) is 40.6. The fourth-order valence-electron chi connectivity index (χ4n) is 9.68. The number of rotatable bonds is 12. The van der Waals surface area contributed by atoms with Crippen molar-refractivity contribution in [2.75, 3.05) is 24.0 Å². The van der Waals surface area contributed by atoms with Crippen LogP contribution in [0, 0.1) is 0 Å². The van der Waals surface area contributed by atoms with Crippen LogP contribution in [0.1, 0.15) is 62.8 Å². The van der Waals surface area contributed by atoms with Crippen LogP contribution in [0.5, 0.6) is 11.5 Å². The topological polar surface area (TPSA) is 28.0 Å². The molecule has 5 heteroatoms. The minimum Gasteiger partial charge on any atom is -0.497 e. The molecule has 2 aliphatic heterocycles. The molecule has 3 aliphatic rings. The van der Waals surface area contributed by atoms with Crippen LogP contribution in [-0.2, 0) is 23.9 Å². The number of nitrogens with zero attached hydrogens (tertiary/aromatic N) is 3. The van der Waals surface area contributed by atoms with Crippen LogP contribution in [0.3, 0.4) is 0 Å². The highest BCUT2D eigenvalue weighted by Gasteiger charge is 2.45. The molecule has 0 saturated carbocycles. The molecule has 310 valence electrons. The van der Waals surface area contributed by atoms with Crippen molar-refractivity contribution in [3.05, 3.63) is 227 Å². The molecule has 0 fully saturated rings. The monoisotopic (exact) mass is 814 g/mol. The number of fused-ring (bicyclic) bond motifs is 2. The van der Waals surface area contributed by atoms with E-state index in [2.05, 4.69) is 224 Å². The van der Waals surface area contributed by atoms with Crippen LogP contribution < -0.4 is 19.3 Å². The van der Waals surface area contributed by atoms with Crippen LogP contribution in [-0.4, -0.2) is 24.5 Å². The molecule has 62 heavy (non-hydrogen) atoms. The number of allylic oxidation sites excluding steroid dienone is 7. The Morgan fingerprint density at radius 3 is 1.77 bits per heavy atom. The third-order valence-electron chi connectivity index (χ3n) is 13.0. The molecule has 0 aromatic heterocycles. The summed E-state index contributed by atoms with van der Waals surface area (Å²) in [7, 11) is 3.50. The quantitative estimate of drug-likeness (QED) is 0.115. The van der Waals surface area contributed by atoms with Gasteiger partial charge in [-0.25, -0.2) is 0 Å². The summed E-state index contributed by atoms with van der Waals surface area (Å²) in [6, 6.07) is 56.3.